The highest BCUT2D eigenvalue weighted by Crippen LogP contribution is 2.66. The van der Waals surface area contributed by atoms with Crippen LogP contribution >= 0.6 is 0 Å². The van der Waals surface area contributed by atoms with Crippen molar-refractivity contribution >= 4 is 5.91 Å². The molecule has 1 saturated heterocycles. The summed E-state index contributed by atoms with van der Waals surface area (Å²) in [7, 11) is 0. The summed E-state index contributed by atoms with van der Waals surface area (Å²) in [5, 5.41) is 3.23. The van der Waals surface area contributed by atoms with Crippen molar-refractivity contribution < 1.29 is 9.53 Å². The number of hydrogen-bond acceptors (Lipinski definition) is 2. The first-order valence-electron chi connectivity index (χ1n) is 11.1. The quantitative estimate of drug-likeness (QED) is 0.786. The Morgan fingerprint density at radius 2 is 2.04 bits per heavy atom. The summed E-state index contributed by atoms with van der Waals surface area (Å²) in [6.45, 7) is 7.38. The molecular formula is C23H35NO2. The average Bonchev–Trinajstić information content (AvgIpc) is 3.38. The Hall–Kier alpha value is -0.830. The largest absolute Gasteiger partial charge is 0.374 e. The molecule has 4 aliphatic carbocycles. The number of hydrogen-bond donors (Lipinski definition) is 1. The maximum atomic E-state index is 11.9. The summed E-state index contributed by atoms with van der Waals surface area (Å²) in [6.07, 6.45) is 14.1. The van der Waals surface area contributed by atoms with Crippen molar-refractivity contribution in [2.75, 3.05) is 0 Å². The smallest absolute Gasteiger partial charge is 0.224 e. The van der Waals surface area contributed by atoms with Gasteiger partial charge in [-0.2, -0.15) is 0 Å². The van der Waals surface area contributed by atoms with Crippen molar-refractivity contribution in [1.82, 2.24) is 5.32 Å². The third-order valence-electron chi connectivity index (χ3n) is 9.07. The molecule has 3 heteroatoms. The van der Waals surface area contributed by atoms with Crippen LogP contribution in [0.3, 0.4) is 0 Å². The van der Waals surface area contributed by atoms with Crippen LogP contribution in [0.4, 0.5) is 0 Å². The fraction of sp³-hybridized carbons (Fsp3) is 0.870. The van der Waals surface area contributed by atoms with Gasteiger partial charge in [0, 0.05) is 17.5 Å². The Bertz CT molecular complexity index is 638. The summed E-state index contributed by atoms with van der Waals surface area (Å²) in [5.41, 5.74) is 1.80. The Balaban J connectivity index is 1.47. The van der Waals surface area contributed by atoms with Gasteiger partial charge in [-0.15, -0.1) is 0 Å². The SMILES string of the molecule is CCC1C[C@H](OC2CC2)[C@@]2(C)CC[C@H]3[C@@H](CC=C4NC(=O)CC[C@@]43C)[C@H]12. The van der Waals surface area contributed by atoms with E-state index in [1.54, 1.807) is 0 Å². The summed E-state index contributed by atoms with van der Waals surface area (Å²) >= 11 is 0. The molecule has 4 fully saturated rings. The topological polar surface area (TPSA) is 38.3 Å². The molecule has 0 aromatic heterocycles. The molecule has 1 amide bonds. The molecule has 1 heterocycles. The molecule has 7 atom stereocenters. The van der Waals surface area contributed by atoms with Gasteiger partial charge in [-0.25, -0.2) is 0 Å². The van der Waals surface area contributed by atoms with Gasteiger partial charge in [-0.1, -0.05) is 33.3 Å². The predicted molar refractivity (Wildman–Crippen MR) is 102 cm³/mol. The fourth-order valence-electron chi connectivity index (χ4n) is 7.50. The second-order valence-corrected chi connectivity index (χ2v) is 10.4. The van der Waals surface area contributed by atoms with Gasteiger partial charge in [0.15, 0.2) is 0 Å². The van der Waals surface area contributed by atoms with Gasteiger partial charge in [-0.05, 0) is 74.0 Å². The molecule has 5 aliphatic rings. The van der Waals surface area contributed by atoms with E-state index in [4.69, 9.17) is 4.74 Å². The van der Waals surface area contributed by atoms with Crippen molar-refractivity contribution in [2.24, 2.45) is 34.5 Å². The molecule has 3 saturated carbocycles. The lowest BCUT2D eigenvalue weighted by Crippen LogP contribution is -2.54. The minimum Gasteiger partial charge on any atom is -0.374 e. The number of amides is 1. The second kappa shape index (κ2) is 5.83. The minimum atomic E-state index is 0.186. The number of ether oxygens (including phenoxy) is 1. The molecule has 0 bridgehead atoms. The van der Waals surface area contributed by atoms with Gasteiger partial charge in [0.2, 0.25) is 5.91 Å². The number of carbonyl (C=O) groups is 1. The van der Waals surface area contributed by atoms with Crippen molar-refractivity contribution in [3.05, 3.63) is 11.8 Å². The van der Waals surface area contributed by atoms with E-state index in [-0.39, 0.29) is 11.3 Å². The number of piperidine rings is 1. The van der Waals surface area contributed by atoms with Crippen LogP contribution in [0.5, 0.6) is 0 Å². The highest BCUT2D eigenvalue weighted by Gasteiger charge is 2.62. The molecule has 0 radical (unpaired) electrons. The maximum Gasteiger partial charge on any atom is 0.224 e. The molecule has 0 aromatic carbocycles. The number of nitrogens with one attached hydrogen (secondary N) is 1. The van der Waals surface area contributed by atoms with Crippen LogP contribution in [0, 0.1) is 34.5 Å². The number of rotatable bonds is 3. The van der Waals surface area contributed by atoms with Crippen LogP contribution in [-0.2, 0) is 9.53 Å². The Kier molecular flexibility index (Phi) is 3.88. The first kappa shape index (κ1) is 17.3. The molecule has 144 valence electrons. The monoisotopic (exact) mass is 357 g/mol. The van der Waals surface area contributed by atoms with E-state index in [0.717, 1.165) is 36.5 Å². The summed E-state index contributed by atoms with van der Waals surface area (Å²) in [6, 6.07) is 0. The molecule has 5 rings (SSSR count). The standard InChI is InChI=1S/C23H35NO2/c1-4-14-13-19(26-15-5-6-15)23(3)11-9-17-16(21(14)23)7-8-18-22(17,2)12-10-20(25)24-18/h8,14-17,19,21H,4-7,9-13H2,1-3H3,(H,24,25)/t14?,16-,17+,19+,21+,22-,23-/m1/s1. The lowest BCUT2D eigenvalue weighted by molar-refractivity contribution is -0.127. The van der Waals surface area contributed by atoms with E-state index >= 15 is 0 Å². The summed E-state index contributed by atoms with van der Waals surface area (Å²) in [4.78, 5) is 11.9. The van der Waals surface area contributed by atoms with Crippen LogP contribution in [0.25, 0.3) is 0 Å². The molecule has 1 N–H and O–H groups in total. The molecule has 0 spiro atoms. The van der Waals surface area contributed by atoms with Gasteiger partial charge in [-0.3, -0.25) is 4.79 Å². The van der Waals surface area contributed by atoms with Crippen molar-refractivity contribution in [3.63, 3.8) is 0 Å². The third-order valence-corrected chi connectivity index (χ3v) is 9.07. The first-order valence-corrected chi connectivity index (χ1v) is 11.1. The van der Waals surface area contributed by atoms with Crippen LogP contribution in [0.2, 0.25) is 0 Å². The van der Waals surface area contributed by atoms with Gasteiger partial charge in [0.05, 0.1) is 12.2 Å². The maximum absolute atomic E-state index is 11.9. The molecule has 26 heavy (non-hydrogen) atoms. The zero-order valence-electron chi connectivity index (χ0n) is 16.7. The van der Waals surface area contributed by atoms with E-state index in [2.05, 4.69) is 32.2 Å². The minimum absolute atomic E-state index is 0.186. The van der Waals surface area contributed by atoms with E-state index < -0.39 is 0 Å². The molecule has 1 aliphatic heterocycles. The second-order valence-electron chi connectivity index (χ2n) is 10.4. The van der Waals surface area contributed by atoms with Gasteiger partial charge in [0.25, 0.3) is 0 Å². The lowest BCUT2D eigenvalue weighted by atomic mass is 9.49. The van der Waals surface area contributed by atoms with Crippen molar-refractivity contribution in [1.29, 1.82) is 0 Å². The predicted octanol–water partition coefficient (Wildman–Crippen LogP) is 4.82. The van der Waals surface area contributed by atoms with Crippen LogP contribution in [0.15, 0.2) is 11.8 Å². The highest BCUT2D eigenvalue weighted by atomic mass is 16.5. The number of carbonyl (C=O) groups excluding carboxylic acids is 1. The summed E-state index contributed by atoms with van der Waals surface area (Å²) < 4.78 is 6.58. The third kappa shape index (κ3) is 2.38. The first-order chi connectivity index (χ1) is 12.5. The number of fused-ring (bicyclic) bond motifs is 5. The van der Waals surface area contributed by atoms with Crippen LogP contribution in [0.1, 0.15) is 78.6 Å². The normalized spacial score (nSPS) is 50.3. The Labute approximate surface area is 158 Å². The number of allylic oxidation sites excluding steroid dienone is 2. The molecular weight excluding hydrogens is 322 g/mol. The van der Waals surface area contributed by atoms with E-state index in [9.17, 15) is 4.79 Å². The molecule has 0 aromatic rings. The average molecular weight is 358 g/mol. The van der Waals surface area contributed by atoms with Crippen LogP contribution < -0.4 is 5.32 Å². The van der Waals surface area contributed by atoms with Gasteiger partial charge >= 0.3 is 0 Å². The fourth-order valence-corrected chi connectivity index (χ4v) is 7.50. The van der Waals surface area contributed by atoms with Gasteiger partial charge in [0.1, 0.15) is 0 Å². The highest BCUT2D eigenvalue weighted by molar-refractivity contribution is 5.79. The van der Waals surface area contributed by atoms with E-state index in [1.165, 1.54) is 44.2 Å². The summed E-state index contributed by atoms with van der Waals surface area (Å²) in [5.74, 6) is 3.33. The molecule has 3 nitrogen and oxygen atoms in total. The zero-order valence-corrected chi connectivity index (χ0v) is 16.7. The van der Waals surface area contributed by atoms with E-state index in [0.29, 0.717) is 24.0 Å². The lowest BCUT2D eigenvalue weighted by Gasteiger charge is -2.57. The Morgan fingerprint density at radius 1 is 1.23 bits per heavy atom. The van der Waals surface area contributed by atoms with Gasteiger partial charge < -0.3 is 10.1 Å². The zero-order chi connectivity index (χ0) is 18.1. The Morgan fingerprint density at radius 3 is 2.77 bits per heavy atom. The van der Waals surface area contributed by atoms with Crippen molar-refractivity contribution in [3.8, 4) is 0 Å². The van der Waals surface area contributed by atoms with E-state index in [1.807, 2.05) is 0 Å². The molecule has 1 unspecified atom stereocenters. The van der Waals surface area contributed by atoms with Crippen molar-refractivity contribution in [2.45, 2.75) is 90.8 Å². The van der Waals surface area contributed by atoms with Crippen LogP contribution in [-0.4, -0.2) is 18.1 Å².